The summed E-state index contributed by atoms with van der Waals surface area (Å²) >= 11 is 6.82. The number of ether oxygens (including phenoxy) is 3. The molecule has 48 heavy (non-hydrogen) atoms. The highest BCUT2D eigenvalue weighted by atomic mass is 35.5. The smallest absolute Gasteiger partial charge is 0.333 e. The quantitative estimate of drug-likeness (QED) is 0.155. The summed E-state index contributed by atoms with van der Waals surface area (Å²) in [5.41, 5.74) is 0.770. The molecule has 12 heteroatoms. The first-order valence-electron chi connectivity index (χ1n) is 16.5. The molecule has 0 bridgehead atoms. The lowest BCUT2D eigenvalue weighted by atomic mass is 9.61. The second-order valence-electron chi connectivity index (χ2n) is 12.5. The third-order valence-corrected chi connectivity index (χ3v) is 9.89. The Bertz CT molecular complexity index is 1610. The van der Waals surface area contributed by atoms with Crippen LogP contribution in [0.3, 0.4) is 0 Å². The van der Waals surface area contributed by atoms with Crippen molar-refractivity contribution in [2.24, 2.45) is 0 Å². The van der Waals surface area contributed by atoms with Crippen molar-refractivity contribution in [1.29, 1.82) is 0 Å². The molecular formula is C36H43ClN4O7. The predicted molar refractivity (Wildman–Crippen MR) is 178 cm³/mol. The number of nitrogens with zero attached hydrogens (tertiary/aromatic N) is 2. The van der Waals surface area contributed by atoms with Crippen LogP contribution in [0.4, 0.5) is 4.79 Å². The van der Waals surface area contributed by atoms with Crippen LogP contribution in [0.15, 0.2) is 48.5 Å². The highest BCUT2D eigenvalue weighted by molar-refractivity contribution is 6.21. The lowest BCUT2D eigenvalue weighted by Gasteiger charge is -2.60. The van der Waals surface area contributed by atoms with E-state index in [9.17, 15) is 19.2 Å². The van der Waals surface area contributed by atoms with Crippen molar-refractivity contribution < 1.29 is 33.4 Å². The zero-order chi connectivity index (χ0) is 34.6. The molecule has 2 aliphatic heterocycles. The van der Waals surface area contributed by atoms with Crippen LogP contribution in [0, 0.1) is 25.9 Å². The van der Waals surface area contributed by atoms with Crippen molar-refractivity contribution in [3.8, 4) is 17.8 Å². The summed E-state index contributed by atoms with van der Waals surface area (Å²) < 4.78 is 17.9. The van der Waals surface area contributed by atoms with Crippen molar-refractivity contribution in [3.05, 3.63) is 65.2 Å². The number of amides is 5. The molecule has 3 fully saturated rings. The lowest BCUT2D eigenvalue weighted by Crippen LogP contribution is -2.85. The molecule has 2 aromatic rings. The Morgan fingerprint density at radius 2 is 1.88 bits per heavy atom. The first-order valence-corrected chi connectivity index (χ1v) is 16.9. The molecular weight excluding hydrogens is 636 g/mol. The molecule has 2 N–H and O–H groups in total. The number of hydrogen-bond acceptors (Lipinski definition) is 7. The highest BCUT2D eigenvalue weighted by Gasteiger charge is 2.69. The van der Waals surface area contributed by atoms with Crippen molar-refractivity contribution >= 4 is 35.4 Å². The number of aryl methyl sites for hydroxylation is 2. The molecule has 3 aliphatic rings. The summed E-state index contributed by atoms with van der Waals surface area (Å²) in [6.45, 7) is 9.59. The Balaban J connectivity index is 1.40. The Hall–Kier alpha value is -4.27. The highest BCUT2D eigenvalue weighted by Crippen LogP contribution is 2.49. The van der Waals surface area contributed by atoms with Crippen LogP contribution in [-0.4, -0.2) is 75.2 Å². The van der Waals surface area contributed by atoms with Crippen molar-refractivity contribution in [2.75, 3.05) is 6.61 Å². The van der Waals surface area contributed by atoms with Crippen molar-refractivity contribution in [3.63, 3.8) is 0 Å². The molecule has 5 amide bonds. The number of benzene rings is 2. The fourth-order valence-electron chi connectivity index (χ4n) is 6.90. The van der Waals surface area contributed by atoms with Gasteiger partial charge in [0.25, 0.3) is 23.9 Å². The summed E-state index contributed by atoms with van der Waals surface area (Å²) in [5.74, 6) is 1.61. The fraction of sp³-hybridized carbons (Fsp3) is 0.500. The summed E-state index contributed by atoms with van der Waals surface area (Å²) in [5, 5.41) is 5.52. The zero-order valence-corrected chi connectivity index (χ0v) is 28.8. The van der Waals surface area contributed by atoms with Crippen LogP contribution in [0.5, 0.6) is 5.75 Å². The molecule has 0 aromatic heterocycles. The number of β-lactam (4-membered cyclic amide) rings is 1. The van der Waals surface area contributed by atoms with E-state index in [1.807, 2.05) is 69.3 Å². The number of alkyl halides is 1. The van der Waals surface area contributed by atoms with Gasteiger partial charge < -0.3 is 24.8 Å². The van der Waals surface area contributed by atoms with Gasteiger partial charge in [-0.05, 0) is 63.6 Å². The molecule has 256 valence electrons. The maximum atomic E-state index is 14.1. The van der Waals surface area contributed by atoms with Gasteiger partial charge in [0, 0.05) is 19.1 Å². The molecule has 11 nitrogen and oxygen atoms in total. The van der Waals surface area contributed by atoms with E-state index in [4.69, 9.17) is 25.8 Å². The van der Waals surface area contributed by atoms with E-state index in [0.29, 0.717) is 31.4 Å². The van der Waals surface area contributed by atoms with Gasteiger partial charge in [-0.3, -0.25) is 19.3 Å². The Labute approximate surface area is 286 Å². The lowest BCUT2D eigenvalue weighted by molar-refractivity contribution is -0.176. The minimum Gasteiger partial charge on any atom is -0.475 e. The van der Waals surface area contributed by atoms with E-state index in [1.165, 1.54) is 4.90 Å². The normalized spacial score (nSPS) is 27.1. The summed E-state index contributed by atoms with van der Waals surface area (Å²) in [7, 11) is 0. The van der Waals surface area contributed by atoms with Gasteiger partial charge in [-0.2, -0.15) is 0 Å². The van der Waals surface area contributed by atoms with Crippen LogP contribution >= 0.6 is 11.6 Å². The van der Waals surface area contributed by atoms with Crippen molar-refractivity contribution in [1.82, 2.24) is 20.4 Å². The molecule has 6 unspecified atom stereocenters. The molecule has 2 aromatic carbocycles. The molecule has 1 aliphatic carbocycles. The third kappa shape index (κ3) is 6.43. The van der Waals surface area contributed by atoms with Gasteiger partial charge >= 0.3 is 6.03 Å². The molecule has 5 rings (SSSR count). The standard InChI is InChI=1S/C36H43ClN4O7/c1-6-9-19-47-31(41-30(43)32(46-8-3)40(34(41)45)22-25-13-11-10-12-14-25)29(42)38-27-21-35(18-17-26(27)37)36(7-2,33(44)39-35)48-28-16-15-23(4)20-24(28)5/h10-16,20,26-27,31-32H,6-8,17-18,21-22H2,1-5H3,(H,38,42)(H,39,44). The minimum atomic E-state index is -1.71. The Morgan fingerprint density at radius 1 is 1.12 bits per heavy atom. The number of rotatable bonds is 11. The fourth-order valence-corrected chi connectivity index (χ4v) is 7.16. The number of urea groups is 1. The maximum absolute atomic E-state index is 14.1. The van der Waals surface area contributed by atoms with E-state index >= 15 is 0 Å². The van der Waals surface area contributed by atoms with Gasteiger partial charge in [0.2, 0.25) is 11.8 Å². The SMILES string of the molecule is CCC#COC(C(=O)NC1CC2(CCC1Cl)NC(=O)C2(CC)Oc1ccc(C)cc1C)N1C(=O)C(OCC)N(Cc2ccccc2)C1=O. The monoisotopic (exact) mass is 678 g/mol. The van der Waals surface area contributed by atoms with Gasteiger partial charge in [0.1, 0.15) is 11.9 Å². The topological polar surface area (TPSA) is 127 Å². The van der Waals surface area contributed by atoms with Crippen molar-refractivity contribution in [2.45, 2.75) is 108 Å². The molecule has 2 heterocycles. The number of halogens is 1. The van der Waals surface area contributed by atoms with Crippen LogP contribution in [-0.2, 0) is 30.4 Å². The Morgan fingerprint density at radius 3 is 2.52 bits per heavy atom. The number of nitrogens with one attached hydrogen (secondary N) is 2. The largest absolute Gasteiger partial charge is 0.475 e. The van der Waals surface area contributed by atoms with E-state index in [1.54, 1.807) is 13.8 Å². The minimum absolute atomic E-state index is 0.0791. The molecule has 2 saturated heterocycles. The predicted octanol–water partition coefficient (Wildman–Crippen LogP) is 4.52. The zero-order valence-electron chi connectivity index (χ0n) is 28.0. The molecule has 0 radical (unpaired) electrons. The number of imide groups is 1. The number of hydrogen-bond donors (Lipinski definition) is 2. The van der Waals surface area contributed by atoms with E-state index in [0.717, 1.165) is 21.6 Å². The van der Waals surface area contributed by atoms with E-state index in [2.05, 4.69) is 22.7 Å². The van der Waals surface area contributed by atoms with E-state index < -0.39 is 52.9 Å². The van der Waals surface area contributed by atoms with Gasteiger partial charge in [-0.15, -0.1) is 11.6 Å². The van der Waals surface area contributed by atoms with Crippen LogP contribution in [0.2, 0.25) is 0 Å². The average Bonchev–Trinajstić information content (AvgIpc) is 3.28. The third-order valence-electron chi connectivity index (χ3n) is 9.37. The molecule has 1 spiro atoms. The van der Waals surface area contributed by atoms with Crippen LogP contribution < -0.4 is 15.4 Å². The first kappa shape index (κ1) is 35.0. The van der Waals surface area contributed by atoms with E-state index in [-0.39, 0.29) is 25.5 Å². The van der Waals surface area contributed by atoms with Gasteiger partial charge in [0.05, 0.1) is 17.5 Å². The number of carbonyl (C=O) groups is 4. The second-order valence-corrected chi connectivity index (χ2v) is 13.0. The van der Waals surface area contributed by atoms with Gasteiger partial charge in [-0.25, -0.2) is 9.69 Å². The maximum Gasteiger partial charge on any atom is 0.333 e. The average molecular weight is 679 g/mol. The molecule has 1 saturated carbocycles. The van der Waals surface area contributed by atoms with Gasteiger partial charge in [-0.1, -0.05) is 67.8 Å². The molecule has 6 atom stereocenters. The van der Waals surface area contributed by atoms with Crippen LogP contribution in [0.1, 0.15) is 69.6 Å². The first-order chi connectivity index (χ1) is 23.0. The second kappa shape index (κ2) is 14.5. The summed E-state index contributed by atoms with van der Waals surface area (Å²) in [4.78, 5) is 56.9. The summed E-state index contributed by atoms with van der Waals surface area (Å²) in [6, 6.07) is 13.6. The van der Waals surface area contributed by atoms with Gasteiger partial charge in [0.15, 0.2) is 0 Å². The number of carbonyl (C=O) groups excluding carboxylic acids is 4. The van der Waals surface area contributed by atoms with Crippen LogP contribution in [0.25, 0.3) is 0 Å². The Kier molecular flexibility index (Phi) is 10.6. The summed E-state index contributed by atoms with van der Waals surface area (Å²) in [6.07, 6.45) is 1.58.